The molecule has 1 amide bonds. The summed E-state index contributed by atoms with van der Waals surface area (Å²) >= 11 is 0. The first-order valence-corrected chi connectivity index (χ1v) is 9.56. The van der Waals surface area contributed by atoms with Crippen LogP contribution in [0.5, 0.6) is 5.75 Å². The highest BCUT2D eigenvalue weighted by Crippen LogP contribution is 2.31. The maximum atomic E-state index is 12.6. The van der Waals surface area contributed by atoms with E-state index < -0.39 is 6.10 Å². The van der Waals surface area contributed by atoms with Gasteiger partial charge in [0.15, 0.2) is 0 Å². The van der Waals surface area contributed by atoms with Gasteiger partial charge >= 0.3 is 0 Å². The third-order valence-electron chi connectivity index (χ3n) is 5.22. The summed E-state index contributed by atoms with van der Waals surface area (Å²) in [6, 6.07) is 16.2. The summed E-state index contributed by atoms with van der Waals surface area (Å²) in [5, 5.41) is 7.44. The molecular formula is C22H26ClN3O3. The lowest BCUT2D eigenvalue weighted by Gasteiger charge is -2.24. The number of carbonyl (C=O) groups is 1. The predicted octanol–water partition coefficient (Wildman–Crippen LogP) is 2.83. The van der Waals surface area contributed by atoms with Crippen molar-refractivity contribution in [2.24, 2.45) is 0 Å². The van der Waals surface area contributed by atoms with Crippen LogP contribution in [0, 0.1) is 0 Å². The highest BCUT2D eigenvalue weighted by Gasteiger charge is 2.24. The van der Waals surface area contributed by atoms with Crippen LogP contribution in [0.3, 0.4) is 0 Å². The normalized spacial score (nSPS) is 17.3. The number of benzene rings is 2. The number of morpholine rings is 1. The highest BCUT2D eigenvalue weighted by molar-refractivity contribution is 5.85. The Bertz CT molecular complexity index is 936. The lowest BCUT2D eigenvalue weighted by molar-refractivity contribution is -0.134. The van der Waals surface area contributed by atoms with Gasteiger partial charge in [-0.1, -0.05) is 30.3 Å². The molecule has 4 rings (SSSR count). The lowest BCUT2D eigenvalue weighted by atomic mass is 9.90. The molecule has 2 aromatic carbocycles. The molecule has 3 N–H and O–H groups in total. The van der Waals surface area contributed by atoms with Crippen molar-refractivity contribution in [3.63, 3.8) is 0 Å². The van der Waals surface area contributed by atoms with E-state index in [9.17, 15) is 4.79 Å². The number of amides is 1. The molecule has 7 heteroatoms. The number of carbonyl (C=O) groups excluding carboxylic acids is 1. The first kappa shape index (κ1) is 21.2. The first-order valence-electron chi connectivity index (χ1n) is 9.56. The Morgan fingerprint density at radius 2 is 2.03 bits per heavy atom. The van der Waals surface area contributed by atoms with Crippen molar-refractivity contribution in [3.05, 3.63) is 65.9 Å². The van der Waals surface area contributed by atoms with E-state index in [1.165, 1.54) is 0 Å². The summed E-state index contributed by atoms with van der Waals surface area (Å²) in [6.07, 6.45) is 1.60. The quantitative estimate of drug-likeness (QED) is 0.578. The number of para-hydroxylation sites is 1. The SMILES string of the molecule is COc1ccc(C(CNC(=O)C2CNCCO2)c2c[nH]c3ccccc23)cc1.Cl. The fourth-order valence-electron chi connectivity index (χ4n) is 3.68. The van der Waals surface area contributed by atoms with Crippen LogP contribution in [0.4, 0.5) is 0 Å². The number of hydrogen-bond acceptors (Lipinski definition) is 4. The lowest BCUT2D eigenvalue weighted by Crippen LogP contribution is -2.48. The van der Waals surface area contributed by atoms with Gasteiger partial charge in [-0.15, -0.1) is 12.4 Å². The summed E-state index contributed by atoms with van der Waals surface area (Å²) in [6.45, 7) is 2.38. The Labute approximate surface area is 176 Å². The van der Waals surface area contributed by atoms with Crippen molar-refractivity contribution in [3.8, 4) is 5.75 Å². The average molecular weight is 416 g/mol. The molecule has 29 heavy (non-hydrogen) atoms. The number of halogens is 1. The van der Waals surface area contributed by atoms with Crippen molar-refractivity contribution in [2.45, 2.75) is 12.0 Å². The van der Waals surface area contributed by atoms with E-state index in [4.69, 9.17) is 9.47 Å². The Balaban J connectivity index is 0.00000240. The molecule has 2 atom stereocenters. The van der Waals surface area contributed by atoms with E-state index >= 15 is 0 Å². The summed E-state index contributed by atoms with van der Waals surface area (Å²) in [5.74, 6) is 0.750. The number of H-pyrrole nitrogens is 1. The maximum Gasteiger partial charge on any atom is 0.250 e. The second kappa shape index (κ2) is 9.78. The largest absolute Gasteiger partial charge is 0.497 e. The molecule has 6 nitrogen and oxygen atoms in total. The average Bonchev–Trinajstić information content (AvgIpc) is 3.19. The zero-order chi connectivity index (χ0) is 19.3. The van der Waals surface area contributed by atoms with E-state index in [0.717, 1.165) is 34.3 Å². The Morgan fingerprint density at radius 3 is 2.76 bits per heavy atom. The molecule has 1 aliphatic rings. The van der Waals surface area contributed by atoms with Gasteiger partial charge in [-0.2, -0.15) is 0 Å². The molecule has 2 heterocycles. The van der Waals surface area contributed by atoms with E-state index in [2.05, 4.69) is 39.9 Å². The maximum absolute atomic E-state index is 12.6. The minimum absolute atomic E-state index is 0. The van der Waals surface area contributed by atoms with Crippen LogP contribution in [0.15, 0.2) is 54.7 Å². The molecule has 154 valence electrons. The van der Waals surface area contributed by atoms with Gasteiger partial charge in [0.2, 0.25) is 5.91 Å². The van der Waals surface area contributed by atoms with Gasteiger partial charge in [0.25, 0.3) is 0 Å². The third-order valence-corrected chi connectivity index (χ3v) is 5.22. The van der Waals surface area contributed by atoms with Crippen molar-refractivity contribution >= 4 is 29.2 Å². The molecule has 1 aliphatic heterocycles. The van der Waals surface area contributed by atoms with Crippen LogP contribution in [0.2, 0.25) is 0 Å². The van der Waals surface area contributed by atoms with E-state index in [1.807, 2.05) is 30.5 Å². The smallest absolute Gasteiger partial charge is 0.250 e. The third kappa shape index (κ3) is 4.72. The predicted molar refractivity (Wildman–Crippen MR) is 116 cm³/mol. The van der Waals surface area contributed by atoms with Gasteiger partial charge < -0.3 is 25.1 Å². The number of aromatic amines is 1. The molecule has 0 radical (unpaired) electrons. The Kier molecular flexibility index (Phi) is 7.14. The minimum Gasteiger partial charge on any atom is -0.497 e. The van der Waals surface area contributed by atoms with E-state index in [0.29, 0.717) is 19.7 Å². The molecule has 2 unspecified atom stereocenters. The van der Waals surface area contributed by atoms with Gasteiger partial charge in [0.1, 0.15) is 11.9 Å². The van der Waals surface area contributed by atoms with Crippen LogP contribution in [0.1, 0.15) is 17.0 Å². The number of ether oxygens (including phenoxy) is 2. The van der Waals surface area contributed by atoms with Crippen LogP contribution < -0.4 is 15.4 Å². The van der Waals surface area contributed by atoms with Gasteiger partial charge in [-0.3, -0.25) is 4.79 Å². The molecular weight excluding hydrogens is 390 g/mol. The van der Waals surface area contributed by atoms with Crippen molar-refractivity contribution in [2.75, 3.05) is 33.4 Å². The van der Waals surface area contributed by atoms with Gasteiger partial charge in [-0.25, -0.2) is 0 Å². The molecule has 1 aromatic heterocycles. The fraction of sp³-hybridized carbons (Fsp3) is 0.318. The van der Waals surface area contributed by atoms with E-state index in [1.54, 1.807) is 7.11 Å². The van der Waals surface area contributed by atoms with Crippen LogP contribution >= 0.6 is 12.4 Å². The van der Waals surface area contributed by atoms with Gasteiger partial charge in [0, 0.05) is 42.7 Å². The number of fused-ring (bicyclic) bond motifs is 1. The number of methoxy groups -OCH3 is 1. The molecule has 1 fully saturated rings. The number of nitrogens with one attached hydrogen (secondary N) is 3. The standard InChI is InChI=1S/C22H25N3O3.ClH/c1-27-16-8-6-15(7-9-16)18(12-25-22(26)21-14-23-10-11-28-21)19-13-24-20-5-3-2-4-17(19)20;/h2-9,13,18,21,23-24H,10-12,14H2,1H3,(H,25,26);1H. The number of hydrogen-bond donors (Lipinski definition) is 3. The zero-order valence-corrected chi connectivity index (χ0v) is 17.1. The van der Waals surface area contributed by atoms with Crippen LogP contribution in [0.25, 0.3) is 10.9 Å². The van der Waals surface area contributed by atoms with Crippen LogP contribution in [-0.2, 0) is 9.53 Å². The molecule has 0 saturated carbocycles. The van der Waals surface area contributed by atoms with Crippen molar-refractivity contribution < 1.29 is 14.3 Å². The molecule has 0 bridgehead atoms. The monoisotopic (exact) mass is 415 g/mol. The first-order chi connectivity index (χ1) is 13.8. The van der Waals surface area contributed by atoms with Crippen LogP contribution in [-0.4, -0.2) is 50.3 Å². The number of aromatic nitrogens is 1. The van der Waals surface area contributed by atoms with Gasteiger partial charge in [-0.05, 0) is 29.3 Å². The molecule has 3 aromatic rings. The second-order valence-corrected chi connectivity index (χ2v) is 6.92. The van der Waals surface area contributed by atoms with Crippen molar-refractivity contribution in [1.82, 2.24) is 15.6 Å². The second-order valence-electron chi connectivity index (χ2n) is 6.92. The minimum atomic E-state index is -0.437. The summed E-state index contributed by atoms with van der Waals surface area (Å²) in [5.41, 5.74) is 3.36. The fourth-order valence-corrected chi connectivity index (χ4v) is 3.68. The van der Waals surface area contributed by atoms with Crippen molar-refractivity contribution in [1.29, 1.82) is 0 Å². The Morgan fingerprint density at radius 1 is 1.24 bits per heavy atom. The summed E-state index contributed by atoms with van der Waals surface area (Å²) in [7, 11) is 1.66. The highest BCUT2D eigenvalue weighted by atomic mass is 35.5. The Hall–Kier alpha value is -2.54. The zero-order valence-electron chi connectivity index (χ0n) is 16.3. The van der Waals surface area contributed by atoms with E-state index in [-0.39, 0.29) is 24.2 Å². The molecule has 0 spiro atoms. The molecule has 0 aliphatic carbocycles. The number of rotatable bonds is 6. The molecule has 1 saturated heterocycles. The summed E-state index contributed by atoms with van der Waals surface area (Å²) < 4.78 is 10.9. The summed E-state index contributed by atoms with van der Waals surface area (Å²) in [4.78, 5) is 15.9. The topological polar surface area (TPSA) is 75.4 Å². The van der Waals surface area contributed by atoms with Gasteiger partial charge in [0.05, 0.1) is 13.7 Å².